The van der Waals surface area contributed by atoms with Gasteiger partial charge >= 0.3 is 0 Å². The topological polar surface area (TPSA) is 81.1 Å². The Morgan fingerprint density at radius 2 is 2.00 bits per heavy atom. The van der Waals surface area contributed by atoms with E-state index in [9.17, 15) is 13.2 Å². The number of Topliss-reactive ketones (excluding diaryl/α,β-unsaturated/α-hetero) is 1. The van der Waals surface area contributed by atoms with Crippen LogP contribution in [0.1, 0.15) is 64.1 Å². The molecule has 1 fully saturated rings. The fraction of sp³-hybridized carbons (Fsp3) is 0.600. The number of thiophene rings is 1. The number of aryl methyl sites for hydroxylation is 1. The van der Waals surface area contributed by atoms with E-state index >= 15 is 0 Å². The molecule has 0 radical (unpaired) electrons. The molecule has 0 aliphatic heterocycles. The second-order valence-electron chi connectivity index (χ2n) is 7.62. The van der Waals surface area contributed by atoms with Gasteiger partial charge in [0.25, 0.3) is 0 Å². The fourth-order valence-corrected chi connectivity index (χ4v) is 6.24. The van der Waals surface area contributed by atoms with Crippen LogP contribution in [0, 0.1) is 13.8 Å². The quantitative estimate of drug-likeness (QED) is 0.454. The van der Waals surface area contributed by atoms with E-state index in [0.29, 0.717) is 24.8 Å². The number of sulfonamides is 1. The Morgan fingerprint density at radius 1 is 1.28 bits per heavy atom. The second-order valence-corrected chi connectivity index (χ2v) is 11.6. The van der Waals surface area contributed by atoms with Crippen LogP contribution in [-0.4, -0.2) is 42.3 Å². The third-order valence-electron chi connectivity index (χ3n) is 5.30. The van der Waals surface area contributed by atoms with Crippen molar-refractivity contribution in [3.63, 3.8) is 0 Å². The molecule has 0 amide bonds. The van der Waals surface area contributed by atoms with Crippen molar-refractivity contribution in [3.05, 3.63) is 33.3 Å². The summed E-state index contributed by atoms with van der Waals surface area (Å²) in [5, 5.41) is 0.953. The maximum absolute atomic E-state index is 12.7. The van der Waals surface area contributed by atoms with Crippen LogP contribution in [0.25, 0.3) is 0 Å². The van der Waals surface area contributed by atoms with Gasteiger partial charge < -0.3 is 4.57 Å². The van der Waals surface area contributed by atoms with Gasteiger partial charge in [0.15, 0.2) is 10.9 Å². The summed E-state index contributed by atoms with van der Waals surface area (Å²) < 4.78 is 27.1. The lowest BCUT2D eigenvalue weighted by molar-refractivity contribution is 0.102. The number of carbonyl (C=O) groups is 1. The maximum Gasteiger partial charge on any atom is 0.208 e. The first kappa shape index (κ1) is 22.5. The van der Waals surface area contributed by atoms with E-state index in [2.05, 4.69) is 16.2 Å². The third-order valence-corrected chi connectivity index (χ3v) is 8.17. The number of carbonyl (C=O) groups excluding carboxylic acids is 1. The molecular formula is C20H29N3O3S3. The standard InChI is InChI=1S/C20H29N3O3S3/c1-14-15(2)23(16-7-5-4-6-8-16)20(22-14)27-13-18(24)19-10-9-17(28-19)11-12-21-29(3,25)26/h9-10,16,21H,4-8,11-13H2,1-3H3. The molecule has 2 aromatic heterocycles. The zero-order valence-corrected chi connectivity index (χ0v) is 19.7. The van der Waals surface area contributed by atoms with E-state index in [4.69, 9.17) is 4.98 Å². The number of imidazole rings is 1. The molecule has 9 heteroatoms. The Morgan fingerprint density at radius 3 is 2.69 bits per heavy atom. The lowest BCUT2D eigenvalue weighted by Crippen LogP contribution is -2.23. The number of hydrogen-bond donors (Lipinski definition) is 1. The van der Waals surface area contributed by atoms with Crippen molar-refractivity contribution in [2.24, 2.45) is 0 Å². The fourth-order valence-electron chi connectivity index (χ4n) is 3.69. The Kier molecular flexibility index (Phi) is 7.58. The summed E-state index contributed by atoms with van der Waals surface area (Å²) in [6, 6.07) is 4.25. The van der Waals surface area contributed by atoms with Crippen LogP contribution in [0.5, 0.6) is 0 Å². The number of rotatable bonds is 9. The summed E-state index contributed by atoms with van der Waals surface area (Å²) in [6.07, 6.45) is 7.94. The summed E-state index contributed by atoms with van der Waals surface area (Å²) in [5.74, 6) is 0.459. The Labute approximate surface area is 181 Å². The Hall–Kier alpha value is -1.16. The molecular weight excluding hydrogens is 426 g/mol. The second kappa shape index (κ2) is 9.76. The molecule has 160 valence electrons. The van der Waals surface area contributed by atoms with Crippen LogP contribution < -0.4 is 4.72 Å². The van der Waals surface area contributed by atoms with E-state index in [1.54, 1.807) is 0 Å². The van der Waals surface area contributed by atoms with Gasteiger partial charge in [0.1, 0.15) is 0 Å². The van der Waals surface area contributed by atoms with Crippen molar-refractivity contribution in [2.45, 2.75) is 63.6 Å². The zero-order valence-electron chi connectivity index (χ0n) is 17.2. The molecule has 0 unspecified atom stereocenters. The van der Waals surface area contributed by atoms with Gasteiger partial charge in [0, 0.05) is 23.2 Å². The summed E-state index contributed by atoms with van der Waals surface area (Å²) in [4.78, 5) is 19.1. The van der Waals surface area contributed by atoms with Crippen LogP contribution in [-0.2, 0) is 16.4 Å². The highest BCUT2D eigenvalue weighted by molar-refractivity contribution is 7.99. The third kappa shape index (κ3) is 6.16. The van der Waals surface area contributed by atoms with E-state index in [1.807, 2.05) is 19.1 Å². The molecule has 0 saturated heterocycles. The van der Waals surface area contributed by atoms with Crippen molar-refractivity contribution < 1.29 is 13.2 Å². The summed E-state index contributed by atoms with van der Waals surface area (Å²) in [7, 11) is -3.18. The molecule has 1 saturated carbocycles. The molecule has 1 aliphatic rings. The van der Waals surface area contributed by atoms with E-state index in [-0.39, 0.29) is 5.78 Å². The molecule has 1 N–H and O–H groups in total. The molecule has 0 bridgehead atoms. The zero-order chi connectivity index (χ0) is 21.0. The van der Waals surface area contributed by atoms with Crippen LogP contribution in [0.2, 0.25) is 0 Å². The summed E-state index contributed by atoms with van der Waals surface area (Å²) in [6.45, 7) is 4.51. The highest BCUT2D eigenvalue weighted by atomic mass is 32.2. The lowest BCUT2D eigenvalue weighted by atomic mass is 9.95. The molecule has 0 atom stereocenters. The minimum Gasteiger partial charge on any atom is -0.320 e. The van der Waals surface area contributed by atoms with Gasteiger partial charge in [-0.15, -0.1) is 11.3 Å². The van der Waals surface area contributed by atoms with Gasteiger partial charge in [0.05, 0.1) is 22.6 Å². The maximum atomic E-state index is 12.7. The SMILES string of the molecule is Cc1nc(SCC(=O)c2ccc(CCNS(C)(=O)=O)s2)n(C2CCCCC2)c1C. The average molecular weight is 456 g/mol. The van der Waals surface area contributed by atoms with E-state index in [0.717, 1.165) is 26.9 Å². The first-order valence-electron chi connectivity index (χ1n) is 9.99. The molecule has 3 rings (SSSR count). The molecule has 2 heterocycles. The molecule has 0 aromatic carbocycles. The van der Waals surface area contributed by atoms with Crippen molar-refractivity contribution in [1.82, 2.24) is 14.3 Å². The summed E-state index contributed by atoms with van der Waals surface area (Å²) >= 11 is 2.97. The van der Waals surface area contributed by atoms with Gasteiger partial charge in [-0.3, -0.25) is 4.79 Å². The first-order chi connectivity index (χ1) is 13.7. The lowest BCUT2D eigenvalue weighted by Gasteiger charge is -2.26. The number of thioether (sulfide) groups is 1. The number of aromatic nitrogens is 2. The minimum atomic E-state index is -3.18. The van der Waals surface area contributed by atoms with Crippen LogP contribution in [0.4, 0.5) is 0 Å². The van der Waals surface area contributed by atoms with Gasteiger partial charge in [0.2, 0.25) is 10.0 Å². The molecule has 6 nitrogen and oxygen atoms in total. The van der Waals surface area contributed by atoms with Crippen LogP contribution >= 0.6 is 23.1 Å². The number of nitrogens with one attached hydrogen (secondary N) is 1. The Balaban J connectivity index is 1.60. The largest absolute Gasteiger partial charge is 0.320 e. The number of hydrogen-bond acceptors (Lipinski definition) is 6. The first-order valence-corrected chi connectivity index (χ1v) is 13.7. The van der Waals surface area contributed by atoms with Gasteiger partial charge in [-0.1, -0.05) is 31.0 Å². The minimum absolute atomic E-state index is 0.0934. The molecule has 0 spiro atoms. The highest BCUT2D eigenvalue weighted by Gasteiger charge is 2.23. The summed E-state index contributed by atoms with van der Waals surface area (Å²) in [5.41, 5.74) is 2.26. The van der Waals surface area contributed by atoms with Gasteiger partial charge in [-0.05, 0) is 45.2 Å². The predicted molar refractivity (Wildman–Crippen MR) is 120 cm³/mol. The van der Waals surface area contributed by atoms with Crippen molar-refractivity contribution in [2.75, 3.05) is 18.6 Å². The molecule has 1 aliphatic carbocycles. The van der Waals surface area contributed by atoms with Crippen molar-refractivity contribution in [3.8, 4) is 0 Å². The van der Waals surface area contributed by atoms with Crippen molar-refractivity contribution >= 4 is 38.9 Å². The van der Waals surface area contributed by atoms with E-state index in [1.165, 1.54) is 60.9 Å². The van der Waals surface area contributed by atoms with Gasteiger partial charge in [-0.2, -0.15) is 0 Å². The molecule has 2 aromatic rings. The highest BCUT2D eigenvalue weighted by Crippen LogP contribution is 2.34. The Bertz CT molecular complexity index is 957. The molecule has 29 heavy (non-hydrogen) atoms. The number of nitrogens with zero attached hydrogens (tertiary/aromatic N) is 2. The normalized spacial score (nSPS) is 15.7. The van der Waals surface area contributed by atoms with Gasteiger partial charge in [-0.25, -0.2) is 18.1 Å². The van der Waals surface area contributed by atoms with Crippen LogP contribution in [0.3, 0.4) is 0 Å². The van der Waals surface area contributed by atoms with E-state index < -0.39 is 10.0 Å². The predicted octanol–water partition coefficient (Wildman–Crippen LogP) is 4.13. The smallest absolute Gasteiger partial charge is 0.208 e. The average Bonchev–Trinajstić information content (AvgIpc) is 3.24. The monoisotopic (exact) mass is 455 g/mol. The number of ketones is 1. The van der Waals surface area contributed by atoms with Crippen molar-refractivity contribution in [1.29, 1.82) is 0 Å². The van der Waals surface area contributed by atoms with Crippen LogP contribution in [0.15, 0.2) is 17.3 Å².